The van der Waals surface area contributed by atoms with Gasteiger partial charge in [0.15, 0.2) is 0 Å². The summed E-state index contributed by atoms with van der Waals surface area (Å²) >= 11 is 6.25. The molecule has 3 aromatic carbocycles. The van der Waals surface area contributed by atoms with E-state index in [9.17, 15) is 14.4 Å². The average molecular weight is 535 g/mol. The Hall–Kier alpha value is -4.30. The van der Waals surface area contributed by atoms with Crippen LogP contribution in [0.1, 0.15) is 30.9 Å². The van der Waals surface area contributed by atoms with Crippen LogP contribution in [0.15, 0.2) is 72.3 Å². The third kappa shape index (κ3) is 6.15. The van der Waals surface area contributed by atoms with E-state index in [1.54, 1.807) is 48.5 Å². The van der Waals surface area contributed by atoms with E-state index in [4.69, 9.17) is 25.8 Å². The van der Waals surface area contributed by atoms with E-state index < -0.39 is 17.8 Å². The van der Waals surface area contributed by atoms with Gasteiger partial charge in [-0.05, 0) is 55.0 Å². The number of carbonyl (C=O) groups is 3. The van der Waals surface area contributed by atoms with Gasteiger partial charge < -0.3 is 14.2 Å². The SMILES string of the molecule is CCCCOc1ccc(N2C(=O)NC(=O)/C(=C/c3ccc(OC)cc3OCc3ccccc3Cl)C2=O)cc1. The number of hydrogen-bond donors (Lipinski definition) is 1. The number of rotatable bonds is 10. The van der Waals surface area contributed by atoms with Gasteiger partial charge in [-0.25, -0.2) is 9.69 Å². The Bertz CT molecular complexity index is 1370. The van der Waals surface area contributed by atoms with Crippen LogP contribution < -0.4 is 24.4 Å². The van der Waals surface area contributed by atoms with E-state index in [1.807, 2.05) is 18.2 Å². The molecule has 1 fully saturated rings. The monoisotopic (exact) mass is 534 g/mol. The zero-order chi connectivity index (χ0) is 27.1. The van der Waals surface area contributed by atoms with Gasteiger partial charge >= 0.3 is 6.03 Å². The van der Waals surface area contributed by atoms with Crippen LogP contribution in [-0.2, 0) is 16.2 Å². The highest BCUT2D eigenvalue weighted by Gasteiger charge is 2.37. The molecule has 9 heteroatoms. The first kappa shape index (κ1) is 26.8. The summed E-state index contributed by atoms with van der Waals surface area (Å²) in [7, 11) is 1.52. The van der Waals surface area contributed by atoms with Crippen molar-refractivity contribution in [1.82, 2.24) is 5.32 Å². The van der Waals surface area contributed by atoms with E-state index in [-0.39, 0.29) is 12.2 Å². The van der Waals surface area contributed by atoms with Gasteiger partial charge in [0, 0.05) is 22.2 Å². The lowest BCUT2D eigenvalue weighted by Crippen LogP contribution is -2.54. The van der Waals surface area contributed by atoms with E-state index in [0.29, 0.717) is 40.1 Å². The Kier molecular flexibility index (Phi) is 8.66. The van der Waals surface area contributed by atoms with Crippen molar-refractivity contribution < 1.29 is 28.6 Å². The summed E-state index contributed by atoms with van der Waals surface area (Å²) in [6, 6.07) is 18.0. The molecule has 1 aliphatic rings. The third-order valence-corrected chi connectivity index (χ3v) is 6.19. The number of nitrogens with zero attached hydrogens (tertiary/aromatic N) is 1. The molecular formula is C29H27ClN2O6. The maximum Gasteiger partial charge on any atom is 0.335 e. The minimum atomic E-state index is -0.832. The van der Waals surface area contributed by atoms with Gasteiger partial charge in [0.25, 0.3) is 11.8 Å². The molecule has 0 aromatic heterocycles. The van der Waals surface area contributed by atoms with Crippen molar-refractivity contribution in [1.29, 1.82) is 0 Å². The van der Waals surface area contributed by atoms with Crippen LogP contribution in [0.5, 0.6) is 17.2 Å². The van der Waals surface area contributed by atoms with Gasteiger partial charge in [0.05, 0.1) is 19.4 Å². The van der Waals surface area contributed by atoms with Crippen molar-refractivity contribution >= 4 is 41.2 Å². The number of ether oxygens (including phenoxy) is 3. The van der Waals surface area contributed by atoms with E-state index in [2.05, 4.69) is 12.2 Å². The third-order valence-electron chi connectivity index (χ3n) is 5.82. The van der Waals surface area contributed by atoms with Crippen LogP contribution in [-0.4, -0.2) is 31.6 Å². The second-order valence-electron chi connectivity index (χ2n) is 8.44. The van der Waals surface area contributed by atoms with Crippen LogP contribution in [0, 0.1) is 0 Å². The predicted molar refractivity (Wildman–Crippen MR) is 145 cm³/mol. The molecule has 1 N–H and O–H groups in total. The highest BCUT2D eigenvalue weighted by Crippen LogP contribution is 2.30. The van der Waals surface area contributed by atoms with Gasteiger partial charge in [-0.15, -0.1) is 0 Å². The fourth-order valence-corrected chi connectivity index (χ4v) is 3.92. The zero-order valence-electron chi connectivity index (χ0n) is 21.0. The number of imide groups is 2. The number of amides is 4. The minimum Gasteiger partial charge on any atom is -0.497 e. The van der Waals surface area contributed by atoms with Crippen LogP contribution >= 0.6 is 11.6 Å². The molecule has 0 saturated carbocycles. The number of anilines is 1. The molecule has 196 valence electrons. The second kappa shape index (κ2) is 12.3. The van der Waals surface area contributed by atoms with Crippen molar-refractivity contribution in [2.75, 3.05) is 18.6 Å². The number of unbranched alkanes of at least 4 members (excludes halogenated alkanes) is 1. The van der Waals surface area contributed by atoms with E-state index in [1.165, 1.54) is 13.2 Å². The Balaban J connectivity index is 1.61. The molecule has 0 unspecified atom stereocenters. The molecule has 1 heterocycles. The molecule has 1 aliphatic heterocycles. The number of barbiturate groups is 1. The number of hydrogen-bond acceptors (Lipinski definition) is 6. The van der Waals surface area contributed by atoms with Crippen molar-refractivity contribution in [2.24, 2.45) is 0 Å². The lowest BCUT2D eigenvalue weighted by Gasteiger charge is -2.26. The standard InChI is InChI=1S/C29H27ClN2O6/c1-3-4-15-37-22-13-10-21(11-14-22)32-28(34)24(27(33)31-29(32)35)16-19-9-12-23(36-2)17-26(19)38-18-20-7-5-6-8-25(20)30/h5-14,16-17H,3-4,15,18H2,1-2H3,(H,31,33,35)/b24-16-. The minimum absolute atomic E-state index is 0.153. The Morgan fingerprint density at radius 1 is 0.947 bits per heavy atom. The fourth-order valence-electron chi connectivity index (χ4n) is 3.73. The normalized spacial score (nSPS) is 14.4. The molecule has 0 bridgehead atoms. The van der Waals surface area contributed by atoms with Crippen LogP contribution in [0.3, 0.4) is 0 Å². The number of halogens is 1. The van der Waals surface area contributed by atoms with Crippen LogP contribution in [0.4, 0.5) is 10.5 Å². The van der Waals surface area contributed by atoms with Gasteiger partial charge in [0.2, 0.25) is 0 Å². The number of benzene rings is 3. The summed E-state index contributed by atoms with van der Waals surface area (Å²) in [4.78, 5) is 39.6. The van der Waals surface area contributed by atoms with Crippen LogP contribution in [0.2, 0.25) is 5.02 Å². The fraction of sp³-hybridized carbons (Fsp3) is 0.207. The first-order valence-corrected chi connectivity index (χ1v) is 12.5. The van der Waals surface area contributed by atoms with Crippen molar-refractivity contribution in [2.45, 2.75) is 26.4 Å². The maximum absolute atomic E-state index is 13.4. The molecule has 8 nitrogen and oxygen atoms in total. The molecule has 0 radical (unpaired) electrons. The molecular weight excluding hydrogens is 508 g/mol. The highest BCUT2D eigenvalue weighted by atomic mass is 35.5. The lowest BCUT2D eigenvalue weighted by atomic mass is 10.1. The quantitative estimate of drug-likeness (QED) is 0.201. The van der Waals surface area contributed by atoms with Gasteiger partial charge in [0.1, 0.15) is 29.4 Å². The van der Waals surface area contributed by atoms with Crippen molar-refractivity contribution in [3.63, 3.8) is 0 Å². The lowest BCUT2D eigenvalue weighted by molar-refractivity contribution is -0.122. The smallest absolute Gasteiger partial charge is 0.335 e. The zero-order valence-corrected chi connectivity index (χ0v) is 21.8. The summed E-state index contributed by atoms with van der Waals surface area (Å²) in [5.41, 5.74) is 1.30. The predicted octanol–water partition coefficient (Wildman–Crippen LogP) is 5.77. The molecule has 3 aromatic rings. The van der Waals surface area contributed by atoms with E-state index >= 15 is 0 Å². The Morgan fingerprint density at radius 2 is 1.68 bits per heavy atom. The van der Waals surface area contributed by atoms with Crippen LogP contribution in [0.25, 0.3) is 6.08 Å². The Morgan fingerprint density at radius 3 is 2.39 bits per heavy atom. The topological polar surface area (TPSA) is 94.2 Å². The second-order valence-corrected chi connectivity index (χ2v) is 8.84. The van der Waals surface area contributed by atoms with Gasteiger partial charge in [-0.3, -0.25) is 14.9 Å². The summed E-state index contributed by atoms with van der Waals surface area (Å²) < 4.78 is 17.0. The first-order valence-electron chi connectivity index (χ1n) is 12.1. The van der Waals surface area contributed by atoms with Gasteiger partial charge in [-0.1, -0.05) is 43.1 Å². The summed E-state index contributed by atoms with van der Waals surface area (Å²) in [6.07, 6.45) is 3.31. The summed E-state index contributed by atoms with van der Waals surface area (Å²) in [6.45, 7) is 2.79. The molecule has 1 saturated heterocycles. The maximum atomic E-state index is 13.4. The Labute approximate surface area is 225 Å². The summed E-state index contributed by atoms with van der Waals surface area (Å²) in [5, 5.41) is 2.79. The summed E-state index contributed by atoms with van der Waals surface area (Å²) in [5.74, 6) is -0.0412. The average Bonchev–Trinajstić information content (AvgIpc) is 2.92. The molecule has 0 aliphatic carbocycles. The molecule has 4 rings (SSSR count). The first-order chi connectivity index (χ1) is 18.4. The van der Waals surface area contributed by atoms with E-state index in [0.717, 1.165) is 23.3 Å². The largest absolute Gasteiger partial charge is 0.497 e. The number of nitrogens with one attached hydrogen (secondary N) is 1. The molecule has 38 heavy (non-hydrogen) atoms. The molecule has 4 amide bonds. The number of urea groups is 1. The van der Waals surface area contributed by atoms with Crippen molar-refractivity contribution in [3.8, 4) is 17.2 Å². The molecule has 0 spiro atoms. The van der Waals surface area contributed by atoms with Gasteiger partial charge in [-0.2, -0.15) is 0 Å². The number of methoxy groups -OCH3 is 1. The molecule has 0 atom stereocenters. The highest BCUT2D eigenvalue weighted by molar-refractivity contribution is 6.39. The van der Waals surface area contributed by atoms with Crippen molar-refractivity contribution in [3.05, 3.63) is 88.5 Å². The number of carbonyl (C=O) groups excluding carboxylic acids is 3.